The van der Waals surface area contributed by atoms with E-state index < -0.39 is 11.7 Å². The first-order valence-electron chi connectivity index (χ1n) is 13.0. The summed E-state index contributed by atoms with van der Waals surface area (Å²) in [5.41, 5.74) is 3.71. The number of hydrogen-bond donors (Lipinski definition) is 2. The Bertz CT molecular complexity index is 1320. The highest BCUT2D eigenvalue weighted by molar-refractivity contribution is 6.30. The highest BCUT2D eigenvalue weighted by Gasteiger charge is 2.33. The molecule has 8 heteroatoms. The summed E-state index contributed by atoms with van der Waals surface area (Å²) in [5, 5.41) is 14.7. The summed E-state index contributed by atoms with van der Waals surface area (Å²) in [4.78, 5) is 19.0. The van der Waals surface area contributed by atoms with E-state index in [2.05, 4.69) is 21.3 Å². The van der Waals surface area contributed by atoms with Gasteiger partial charge in [0.25, 0.3) is 0 Å². The molecule has 3 aromatic rings. The summed E-state index contributed by atoms with van der Waals surface area (Å²) < 4.78 is 11.3. The van der Waals surface area contributed by atoms with Crippen molar-refractivity contribution in [3.8, 4) is 11.6 Å². The first-order chi connectivity index (χ1) is 18.4. The molecule has 0 atom stereocenters. The number of allylic oxidation sites excluding steroid dienone is 1. The second-order valence-electron chi connectivity index (χ2n) is 9.66. The molecule has 0 bridgehead atoms. The normalized spacial score (nSPS) is 17.6. The quantitative estimate of drug-likeness (QED) is 0.381. The van der Waals surface area contributed by atoms with Crippen LogP contribution in [-0.4, -0.2) is 47.3 Å². The number of halogens is 1. The maximum Gasteiger partial charge on any atom is 0.411 e. The molecule has 0 radical (unpaired) electrons. The van der Waals surface area contributed by atoms with Crippen molar-refractivity contribution >= 4 is 29.0 Å². The largest absolute Gasteiger partial charge is 0.450 e. The lowest BCUT2D eigenvalue weighted by Gasteiger charge is -2.38. The fourth-order valence-electron chi connectivity index (χ4n) is 5.14. The van der Waals surface area contributed by atoms with Gasteiger partial charge in [-0.3, -0.25) is 5.32 Å². The highest BCUT2D eigenvalue weighted by Crippen LogP contribution is 2.41. The predicted octanol–water partition coefficient (Wildman–Crippen LogP) is 6.41. The third-order valence-corrected chi connectivity index (χ3v) is 7.49. The zero-order valence-electron chi connectivity index (χ0n) is 21.5. The first-order valence-corrected chi connectivity index (χ1v) is 13.4. The second-order valence-corrected chi connectivity index (χ2v) is 10.1. The number of rotatable bonds is 6. The SMILES string of the molecule is CCOC(=O)Nc1cccc2c1C/C(=C/CCN1CCC(O)(c3ccc(Cl)cc3)CC1)c1cccnc1O2. The van der Waals surface area contributed by atoms with E-state index >= 15 is 0 Å². The number of aromatic nitrogens is 1. The van der Waals surface area contributed by atoms with Crippen molar-refractivity contribution in [2.45, 2.75) is 38.2 Å². The molecule has 2 aliphatic heterocycles. The third-order valence-electron chi connectivity index (χ3n) is 7.24. The van der Waals surface area contributed by atoms with Crippen LogP contribution in [0.5, 0.6) is 11.6 Å². The number of fused-ring (bicyclic) bond motifs is 2. The van der Waals surface area contributed by atoms with Gasteiger partial charge in [-0.15, -0.1) is 0 Å². The smallest absolute Gasteiger partial charge is 0.411 e. The number of nitrogens with zero attached hydrogens (tertiary/aromatic N) is 2. The minimum atomic E-state index is -0.811. The molecule has 0 unspecified atom stereocenters. The zero-order valence-corrected chi connectivity index (χ0v) is 22.2. The Hall–Kier alpha value is -3.39. The monoisotopic (exact) mass is 533 g/mol. The van der Waals surface area contributed by atoms with Crippen LogP contribution in [0.2, 0.25) is 5.02 Å². The van der Waals surface area contributed by atoms with Gasteiger partial charge in [0.2, 0.25) is 5.88 Å². The van der Waals surface area contributed by atoms with Crippen molar-refractivity contribution in [3.63, 3.8) is 0 Å². The van der Waals surface area contributed by atoms with Gasteiger partial charge in [0.15, 0.2) is 0 Å². The van der Waals surface area contributed by atoms with Crippen molar-refractivity contribution in [2.75, 3.05) is 31.6 Å². The Morgan fingerprint density at radius 2 is 1.97 bits per heavy atom. The Morgan fingerprint density at radius 3 is 2.74 bits per heavy atom. The van der Waals surface area contributed by atoms with Crippen LogP contribution >= 0.6 is 11.6 Å². The van der Waals surface area contributed by atoms with Crippen LogP contribution in [0.1, 0.15) is 42.9 Å². The minimum absolute atomic E-state index is 0.297. The number of nitrogens with one attached hydrogen (secondary N) is 1. The number of likely N-dealkylation sites (tertiary alicyclic amines) is 1. The van der Waals surface area contributed by atoms with E-state index in [9.17, 15) is 9.90 Å². The van der Waals surface area contributed by atoms with Crippen molar-refractivity contribution in [1.29, 1.82) is 0 Å². The van der Waals surface area contributed by atoms with Crippen LogP contribution < -0.4 is 10.1 Å². The average molecular weight is 534 g/mol. The second kappa shape index (κ2) is 11.6. The maximum absolute atomic E-state index is 12.2. The van der Waals surface area contributed by atoms with Crippen LogP contribution in [0.3, 0.4) is 0 Å². The molecule has 3 heterocycles. The summed E-state index contributed by atoms with van der Waals surface area (Å²) in [5.74, 6) is 1.22. The number of amides is 1. The average Bonchev–Trinajstić information content (AvgIpc) is 3.08. The lowest BCUT2D eigenvalue weighted by atomic mass is 9.84. The molecule has 1 saturated heterocycles. The van der Waals surface area contributed by atoms with E-state index in [0.29, 0.717) is 48.2 Å². The molecule has 2 aliphatic rings. The molecule has 198 valence electrons. The van der Waals surface area contributed by atoms with Crippen LogP contribution in [0.4, 0.5) is 10.5 Å². The number of ether oxygens (including phenoxy) is 2. The van der Waals surface area contributed by atoms with Crippen LogP contribution in [-0.2, 0) is 16.8 Å². The molecule has 2 aromatic carbocycles. The van der Waals surface area contributed by atoms with Gasteiger partial charge in [0.1, 0.15) is 5.75 Å². The molecule has 1 aromatic heterocycles. The summed E-state index contributed by atoms with van der Waals surface area (Å²) in [6.07, 6.45) is 6.26. The van der Waals surface area contributed by atoms with Crippen LogP contribution in [0.25, 0.3) is 5.57 Å². The van der Waals surface area contributed by atoms with Gasteiger partial charge < -0.3 is 19.5 Å². The Morgan fingerprint density at radius 1 is 1.18 bits per heavy atom. The molecular formula is C30H32ClN3O4. The van der Waals surface area contributed by atoms with Gasteiger partial charge in [0.05, 0.1) is 17.9 Å². The summed E-state index contributed by atoms with van der Waals surface area (Å²) in [6.45, 7) is 4.59. The Balaban J connectivity index is 1.29. The maximum atomic E-state index is 12.2. The summed E-state index contributed by atoms with van der Waals surface area (Å²) in [7, 11) is 0. The van der Waals surface area contributed by atoms with E-state index in [1.807, 2.05) is 54.6 Å². The number of pyridine rings is 1. The molecule has 7 nitrogen and oxygen atoms in total. The molecule has 5 rings (SSSR count). The molecule has 38 heavy (non-hydrogen) atoms. The minimum Gasteiger partial charge on any atom is -0.450 e. The molecule has 0 saturated carbocycles. The summed E-state index contributed by atoms with van der Waals surface area (Å²) >= 11 is 6.02. The van der Waals surface area contributed by atoms with Crippen molar-refractivity contribution < 1.29 is 19.4 Å². The van der Waals surface area contributed by atoms with Gasteiger partial charge in [-0.25, -0.2) is 9.78 Å². The highest BCUT2D eigenvalue weighted by atomic mass is 35.5. The molecule has 2 N–H and O–H groups in total. The lowest BCUT2D eigenvalue weighted by molar-refractivity contribution is -0.0254. The van der Waals surface area contributed by atoms with Gasteiger partial charge >= 0.3 is 6.09 Å². The standard InChI is InChI=1S/C30H32ClN3O4/c1-2-37-29(35)33-26-8-3-9-27-25(26)20-21(24-7-4-16-32-28(24)38-27)6-5-17-34-18-14-30(36,15-19-34)22-10-12-23(31)13-11-22/h3-4,6-13,16,36H,2,5,14-15,17-20H2,1H3,(H,33,35)/b21-6-. The number of carbonyl (C=O) groups excluding carboxylic acids is 1. The van der Waals surface area contributed by atoms with Crippen molar-refractivity contribution in [2.24, 2.45) is 0 Å². The number of anilines is 1. The molecule has 0 spiro atoms. The Labute approximate surface area is 228 Å². The lowest BCUT2D eigenvalue weighted by Crippen LogP contribution is -2.42. The number of aliphatic hydroxyl groups is 1. The molecular weight excluding hydrogens is 502 g/mol. The van der Waals surface area contributed by atoms with Crippen LogP contribution in [0.15, 0.2) is 66.9 Å². The van der Waals surface area contributed by atoms with Gasteiger partial charge in [-0.1, -0.05) is 35.9 Å². The molecule has 0 aliphatic carbocycles. The fourth-order valence-corrected chi connectivity index (χ4v) is 5.27. The van der Waals surface area contributed by atoms with Gasteiger partial charge in [0, 0.05) is 48.4 Å². The van der Waals surface area contributed by atoms with Gasteiger partial charge in [-0.2, -0.15) is 0 Å². The van der Waals surface area contributed by atoms with Gasteiger partial charge in [-0.05, 0) is 73.7 Å². The topological polar surface area (TPSA) is 83.9 Å². The zero-order chi connectivity index (χ0) is 26.5. The number of benzene rings is 2. The third kappa shape index (κ3) is 5.85. The van der Waals surface area contributed by atoms with E-state index in [-0.39, 0.29) is 0 Å². The van der Waals surface area contributed by atoms with Crippen LogP contribution in [0, 0.1) is 0 Å². The first kappa shape index (κ1) is 26.2. The fraction of sp³-hybridized carbons (Fsp3) is 0.333. The number of carbonyl (C=O) groups is 1. The van der Waals surface area contributed by atoms with E-state index in [1.165, 1.54) is 0 Å². The molecule has 1 amide bonds. The summed E-state index contributed by atoms with van der Waals surface area (Å²) in [6, 6.07) is 17.0. The predicted molar refractivity (Wildman–Crippen MR) is 149 cm³/mol. The number of hydrogen-bond acceptors (Lipinski definition) is 6. The molecule has 1 fully saturated rings. The Kier molecular flexibility index (Phi) is 7.98. The van der Waals surface area contributed by atoms with Crippen molar-refractivity contribution in [1.82, 2.24) is 9.88 Å². The van der Waals surface area contributed by atoms with E-state index in [1.54, 1.807) is 13.1 Å². The van der Waals surface area contributed by atoms with E-state index in [4.69, 9.17) is 21.1 Å². The van der Waals surface area contributed by atoms with E-state index in [0.717, 1.165) is 48.3 Å². The van der Waals surface area contributed by atoms with Crippen molar-refractivity contribution in [3.05, 3.63) is 88.6 Å². The number of piperidine rings is 1.